The van der Waals surface area contributed by atoms with E-state index in [2.05, 4.69) is 20.4 Å². The molecule has 9 nitrogen and oxygen atoms in total. The van der Waals surface area contributed by atoms with E-state index >= 15 is 0 Å². The maximum absolute atomic E-state index is 9.67. The number of hydrogen-bond acceptors (Lipinski definition) is 9. The van der Waals surface area contributed by atoms with Gasteiger partial charge in [0, 0.05) is 20.7 Å². The fraction of sp³-hybridized carbons (Fsp3) is 0.700. The average molecular weight is 272 g/mol. The lowest BCUT2D eigenvalue weighted by molar-refractivity contribution is 0.0693. The summed E-state index contributed by atoms with van der Waals surface area (Å²) in [5.41, 5.74) is 2.34. The zero-order valence-corrected chi connectivity index (χ0v) is 11.3. The number of nitrogen functional groups attached to an aromatic ring is 1. The topological polar surface area (TPSA) is 119 Å². The summed E-state index contributed by atoms with van der Waals surface area (Å²) < 4.78 is 10.1. The van der Waals surface area contributed by atoms with Crippen LogP contribution in [0.25, 0.3) is 0 Å². The van der Waals surface area contributed by atoms with Crippen molar-refractivity contribution in [3.8, 4) is 6.01 Å². The largest absolute Gasteiger partial charge is 0.464 e. The maximum Gasteiger partial charge on any atom is 0.323 e. The van der Waals surface area contributed by atoms with Gasteiger partial charge in [-0.05, 0) is 6.92 Å². The summed E-state index contributed by atoms with van der Waals surface area (Å²) in [7, 11) is 3.26. The first-order valence-corrected chi connectivity index (χ1v) is 5.84. The summed E-state index contributed by atoms with van der Waals surface area (Å²) in [6.45, 7) is 2.80. The van der Waals surface area contributed by atoms with E-state index in [9.17, 15) is 5.11 Å². The van der Waals surface area contributed by atoms with Gasteiger partial charge in [-0.25, -0.2) is 5.84 Å². The Morgan fingerprint density at radius 3 is 2.74 bits per heavy atom. The van der Waals surface area contributed by atoms with E-state index in [-0.39, 0.29) is 18.6 Å². The Balaban J connectivity index is 2.82. The first-order chi connectivity index (χ1) is 9.10. The predicted octanol–water partition coefficient (Wildman–Crippen LogP) is -1.00. The quantitative estimate of drug-likeness (QED) is 0.404. The zero-order valence-electron chi connectivity index (χ0n) is 11.3. The molecule has 0 fully saturated rings. The number of likely N-dealkylation sites (N-methyl/N-ethyl adjacent to an activating group) is 1. The van der Waals surface area contributed by atoms with Gasteiger partial charge in [-0.2, -0.15) is 15.0 Å². The molecule has 0 aromatic carbocycles. The van der Waals surface area contributed by atoms with Crippen LogP contribution in [-0.2, 0) is 4.74 Å². The minimum atomic E-state index is -0.642. The molecule has 9 heteroatoms. The van der Waals surface area contributed by atoms with Gasteiger partial charge in [-0.15, -0.1) is 0 Å². The van der Waals surface area contributed by atoms with Crippen molar-refractivity contribution >= 4 is 11.9 Å². The monoisotopic (exact) mass is 272 g/mol. The summed E-state index contributed by atoms with van der Waals surface area (Å²) in [5, 5.41) is 9.67. The number of aliphatic hydroxyl groups is 1. The molecule has 0 saturated carbocycles. The third kappa shape index (κ3) is 4.81. The second-order valence-electron chi connectivity index (χ2n) is 3.81. The number of aromatic nitrogens is 3. The molecule has 0 radical (unpaired) electrons. The molecule has 1 atom stereocenters. The Morgan fingerprint density at radius 2 is 2.16 bits per heavy atom. The van der Waals surface area contributed by atoms with Crippen LogP contribution in [0.2, 0.25) is 0 Å². The van der Waals surface area contributed by atoms with Crippen LogP contribution in [0.15, 0.2) is 0 Å². The molecule has 0 aliphatic heterocycles. The van der Waals surface area contributed by atoms with Crippen molar-refractivity contribution in [2.24, 2.45) is 5.84 Å². The molecule has 1 aromatic heterocycles. The van der Waals surface area contributed by atoms with E-state index in [1.54, 1.807) is 11.9 Å². The molecule has 1 unspecified atom stereocenters. The molecular formula is C10H20N6O3. The van der Waals surface area contributed by atoms with Crippen LogP contribution in [0.5, 0.6) is 6.01 Å². The minimum Gasteiger partial charge on any atom is -0.464 e. The van der Waals surface area contributed by atoms with Crippen LogP contribution in [0.4, 0.5) is 11.9 Å². The lowest BCUT2D eigenvalue weighted by Crippen LogP contribution is -2.33. The molecule has 0 saturated heterocycles. The number of ether oxygens (including phenoxy) is 2. The third-order valence-electron chi connectivity index (χ3n) is 2.19. The SMILES string of the molecule is CCOc1nc(NN)nc(N(C)CC(O)COC)n1. The van der Waals surface area contributed by atoms with Crippen molar-refractivity contribution in [1.29, 1.82) is 0 Å². The first kappa shape index (κ1) is 15.3. The molecule has 1 aromatic rings. The van der Waals surface area contributed by atoms with Gasteiger partial charge < -0.3 is 19.5 Å². The van der Waals surface area contributed by atoms with Crippen molar-refractivity contribution in [1.82, 2.24) is 15.0 Å². The van der Waals surface area contributed by atoms with Crippen molar-refractivity contribution in [3.05, 3.63) is 0 Å². The molecule has 0 bridgehead atoms. The summed E-state index contributed by atoms with van der Waals surface area (Å²) in [6.07, 6.45) is -0.642. The third-order valence-corrected chi connectivity index (χ3v) is 2.19. The van der Waals surface area contributed by atoms with E-state index in [1.165, 1.54) is 7.11 Å². The highest BCUT2D eigenvalue weighted by atomic mass is 16.5. The van der Waals surface area contributed by atoms with E-state index < -0.39 is 6.10 Å². The van der Waals surface area contributed by atoms with Gasteiger partial charge in [0.15, 0.2) is 0 Å². The smallest absolute Gasteiger partial charge is 0.323 e. The van der Waals surface area contributed by atoms with Gasteiger partial charge in [0.25, 0.3) is 0 Å². The lowest BCUT2D eigenvalue weighted by Gasteiger charge is -2.20. The molecule has 1 rings (SSSR count). The van der Waals surface area contributed by atoms with E-state index in [1.807, 2.05) is 6.92 Å². The lowest BCUT2D eigenvalue weighted by atomic mass is 10.3. The summed E-state index contributed by atoms with van der Waals surface area (Å²) in [4.78, 5) is 13.8. The highest BCUT2D eigenvalue weighted by Gasteiger charge is 2.14. The normalized spacial score (nSPS) is 12.1. The summed E-state index contributed by atoms with van der Waals surface area (Å²) >= 11 is 0. The van der Waals surface area contributed by atoms with Crippen LogP contribution in [-0.4, -0.2) is 60.1 Å². The minimum absolute atomic E-state index is 0.175. The Kier molecular flexibility index (Phi) is 6.19. The van der Waals surface area contributed by atoms with E-state index in [0.29, 0.717) is 19.1 Å². The number of nitrogens with two attached hydrogens (primary N) is 1. The van der Waals surface area contributed by atoms with Gasteiger partial charge in [0.2, 0.25) is 11.9 Å². The zero-order chi connectivity index (χ0) is 14.3. The van der Waals surface area contributed by atoms with Gasteiger partial charge in [0.05, 0.1) is 19.3 Å². The molecule has 0 aliphatic carbocycles. The fourth-order valence-electron chi connectivity index (χ4n) is 1.42. The molecule has 108 valence electrons. The standard InChI is InChI=1S/C10H20N6O3/c1-4-19-10-13-8(15-11)12-9(14-10)16(2)5-7(17)6-18-3/h7,17H,4-6,11H2,1-3H3,(H,12,13,14,15). The van der Waals surface area contributed by atoms with Crippen molar-refractivity contribution < 1.29 is 14.6 Å². The van der Waals surface area contributed by atoms with Gasteiger partial charge in [0.1, 0.15) is 0 Å². The van der Waals surface area contributed by atoms with Crippen LogP contribution in [0.1, 0.15) is 6.92 Å². The first-order valence-electron chi connectivity index (χ1n) is 5.84. The molecule has 1 heterocycles. The van der Waals surface area contributed by atoms with Crippen molar-refractivity contribution in [2.75, 3.05) is 44.2 Å². The van der Waals surface area contributed by atoms with Crippen LogP contribution in [0, 0.1) is 0 Å². The summed E-state index contributed by atoms with van der Waals surface area (Å²) in [5.74, 6) is 5.83. The maximum atomic E-state index is 9.67. The number of anilines is 2. The van der Waals surface area contributed by atoms with Gasteiger partial charge in [-0.1, -0.05) is 0 Å². The predicted molar refractivity (Wildman–Crippen MR) is 70.0 cm³/mol. The number of aliphatic hydroxyl groups excluding tert-OH is 1. The molecule has 0 amide bonds. The average Bonchev–Trinajstić information content (AvgIpc) is 2.38. The van der Waals surface area contributed by atoms with Gasteiger partial charge in [-0.3, -0.25) is 5.43 Å². The second kappa shape index (κ2) is 7.67. The van der Waals surface area contributed by atoms with Crippen LogP contribution in [0.3, 0.4) is 0 Å². The van der Waals surface area contributed by atoms with Crippen LogP contribution >= 0.6 is 0 Å². The number of nitrogens with zero attached hydrogens (tertiary/aromatic N) is 4. The number of rotatable bonds is 8. The Bertz CT molecular complexity index is 392. The van der Waals surface area contributed by atoms with Crippen molar-refractivity contribution in [3.63, 3.8) is 0 Å². The highest BCUT2D eigenvalue weighted by Crippen LogP contribution is 2.13. The fourth-order valence-corrected chi connectivity index (χ4v) is 1.42. The molecule has 0 spiro atoms. The molecule has 19 heavy (non-hydrogen) atoms. The van der Waals surface area contributed by atoms with E-state index in [4.69, 9.17) is 15.3 Å². The number of hydrogen-bond donors (Lipinski definition) is 3. The molecule has 4 N–H and O–H groups in total. The summed E-state index contributed by atoms with van der Waals surface area (Å²) in [6, 6.07) is 0.175. The number of nitrogens with one attached hydrogen (secondary N) is 1. The van der Waals surface area contributed by atoms with Crippen molar-refractivity contribution in [2.45, 2.75) is 13.0 Å². The molecule has 0 aliphatic rings. The van der Waals surface area contributed by atoms with Crippen LogP contribution < -0.4 is 20.9 Å². The molecular weight excluding hydrogens is 252 g/mol. The van der Waals surface area contributed by atoms with Gasteiger partial charge >= 0.3 is 6.01 Å². The Labute approximate surface area is 111 Å². The Morgan fingerprint density at radius 1 is 1.42 bits per heavy atom. The number of methoxy groups -OCH3 is 1. The second-order valence-corrected chi connectivity index (χ2v) is 3.81. The van der Waals surface area contributed by atoms with E-state index in [0.717, 1.165) is 0 Å². The number of hydrazine groups is 1. The Hall–Kier alpha value is -1.71. The highest BCUT2D eigenvalue weighted by molar-refractivity contribution is 5.37.